The molecule has 0 fully saturated rings. The maximum Gasteiger partial charge on any atom is 0.417 e. The van der Waals surface area contributed by atoms with Gasteiger partial charge in [-0.25, -0.2) is 0 Å². The second-order valence-corrected chi connectivity index (χ2v) is 4.79. The van der Waals surface area contributed by atoms with Gasteiger partial charge in [0.05, 0.1) is 16.2 Å². The van der Waals surface area contributed by atoms with Crippen molar-refractivity contribution in [2.24, 2.45) is 5.16 Å². The summed E-state index contributed by atoms with van der Waals surface area (Å²) in [5.41, 5.74) is -5.18. The molecule has 0 saturated heterocycles. The number of carbonyl (C=O) groups excluding carboxylic acids is 2. The highest BCUT2D eigenvalue weighted by Gasteiger charge is 2.44. The van der Waals surface area contributed by atoms with Crippen molar-refractivity contribution < 1.29 is 32.9 Å². The molecule has 0 aliphatic carbocycles. The fourth-order valence-corrected chi connectivity index (χ4v) is 2.53. The van der Waals surface area contributed by atoms with Crippen LogP contribution >= 0.6 is 15.9 Å². The topological polar surface area (TPSA) is 122 Å². The molecule has 1 aliphatic heterocycles. The van der Waals surface area contributed by atoms with Gasteiger partial charge >= 0.3 is 6.18 Å². The van der Waals surface area contributed by atoms with Crippen LogP contribution in [0.15, 0.2) is 15.7 Å². The van der Waals surface area contributed by atoms with E-state index >= 15 is 0 Å². The number of benzene rings is 1. The molecule has 0 atom stereocenters. The van der Waals surface area contributed by atoms with Crippen molar-refractivity contribution in [1.82, 2.24) is 0 Å². The van der Waals surface area contributed by atoms with E-state index in [1.54, 1.807) is 0 Å². The van der Waals surface area contributed by atoms with Gasteiger partial charge in [-0.05, 0) is 22.0 Å². The number of carbonyl (C=O) groups is 2. The zero-order valence-electron chi connectivity index (χ0n) is 10.1. The smallest absolute Gasteiger partial charge is 0.410 e. The number of alkyl halides is 3. The first kappa shape index (κ1) is 15.9. The average Bonchev–Trinajstić information content (AvgIpc) is 2.37. The van der Waals surface area contributed by atoms with Crippen molar-refractivity contribution in [2.75, 3.05) is 5.32 Å². The van der Waals surface area contributed by atoms with E-state index in [1.807, 2.05) is 5.32 Å². The number of nitro benzene ring substituents is 1. The van der Waals surface area contributed by atoms with E-state index in [-0.39, 0.29) is 0 Å². The lowest BCUT2D eigenvalue weighted by Gasteiger charge is -2.19. The Balaban J connectivity index is 2.89. The Bertz CT molecular complexity index is 759. The van der Waals surface area contributed by atoms with Crippen LogP contribution in [-0.4, -0.2) is 27.5 Å². The van der Waals surface area contributed by atoms with E-state index in [4.69, 9.17) is 5.21 Å². The van der Waals surface area contributed by atoms with Gasteiger partial charge in [0, 0.05) is 0 Å². The van der Waals surface area contributed by atoms with E-state index in [2.05, 4.69) is 21.1 Å². The van der Waals surface area contributed by atoms with Crippen LogP contribution < -0.4 is 5.32 Å². The number of anilines is 1. The van der Waals surface area contributed by atoms with E-state index in [0.29, 0.717) is 6.07 Å². The molecule has 2 rings (SSSR count). The second-order valence-electron chi connectivity index (χ2n) is 4.00. The Hall–Kier alpha value is -2.50. The number of nitrogens with one attached hydrogen (secondary N) is 1. The minimum atomic E-state index is -4.96. The third-order valence-corrected chi connectivity index (χ3v) is 3.54. The fourth-order valence-electron chi connectivity index (χ4n) is 1.84. The maximum atomic E-state index is 12.9. The highest BCUT2D eigenvalue weighted by Crippen LogP contribution is 2.45. The molecule has 1 aromatic carbocycles. The zero-order chi connectivity index (χ0) is 16.8. The molecule has 1 amide bonds. The largest absolute Gasteiger partial charge is 0.417 e. The monoisotopic (exact) mass is 381 g/mol. The lowest BCUT2D eigenvalue weighted by Crippen LogP contribution is -2.36. The Morgan fingerprint density at radius 2 is 1.95 bits per heavy atom. The van der Waals surface area contributed by atoms with Gasteiger partial charge in [0.2, 0.25) is 11.5 Å². The summed E-state index contributed by atoms with van der Waals surface area (Å²) in [5, 5.41) is 23.9. The predicted octanol–water partition coefficient (Wildman–Crippen LogP) is 2.34. The molecule has 1 aliphatic rings. The Kier molecular flexibility index (Phi) is 3.64. The number of hydrogen-bond donors (Lipinski definition) is 2. The van der Waals surface area contributed by atoms with Gasteiger partial charge in [0.25, 0.3) is 11.6 Å². The molecule has 0 bridgehead atoms. The van der Waals surface area contributed by atoms with Gasteiger partial charge in [0.15, 0.2) is 0 Å². The summed E-state index contributed by atoms with van der Waals surface area (Å²) < 4.78 is 37.7. The number of nitrogens with zero attached hydrogens (tertiary/aromatic N) is 2. The minimum Gasteiger partial charge on any atom is -0.410 e. The normalized spacial score (nSPS) is 16.5. The highest BCUT2D eigenvalue weighted by atomic mass is 79.9. The zero-order valence-corrected chi connectivity index (χ0v) is 11.6. The molecule has 116 valence electrons. The van der Waals surface area contributed by atoms with Gasteiger partial charge in [-0.1, -0.05) is 5.16 Å². The predicted molar refractivity (Wildman–Crippen MR) is 68.0 cm³/mol. The fraction of sp³-hybridized carbons (Fsp3) is 0.100. The first-order chi connectivity index (χ1) is 10.1. The number of hydrogen-bond acceptors (Lipinski definition) is 6. The van der Waals surface area contributed by atoms with Gasteiger partial charge in [-0.15, -0.1) is 0 Å². The van der Waals surface area contributed by atoms with Crippen molar-refractivity contribution >= 4 is 44.7 Å². The standard InChI is InChI=1S/C10H3BrF3N3O5/c11-5-2(10(12,13)14)1-3-4(7(5)17(21)22)8(18)6(16-20)9(19)15-3/h1,20H,(H,15,19). The third kappa shape index (κ3) is 2.30. The molecule has 1 aromatic rings. The van der Waals surface area contributed by atoms with Gasteiger partial charge < -0.3 is 10.5 Å². The number of ketones is 1. The molecule has 0 spiro atoms. The number of oxime groups is 1. The summed E-state index contributed by atoms with van der Waals surface area (Å²) in [4.78, 5) is 33.2. The Morgan fingerprint density at radius 1 is 1.36 bits per heavy atom. The lowest BCUT2D eigenvalue weighted by atomic mass is 9.96. The molecule has 12 heteroatoms. The number of nitro groups is 1. The second kappa shape index (κ2) is 5.05. The van der Waals surface area contributed by atoms with E-state index in [1.165, 1.54) is 0 Å². The number of rotatable bonds is 1. The van der Waals surface area contributed by atoms with Crippen LogP contribution in [0, 0.1) is 10.1 Å². The summed E-state index contributed by atoms with van der Waals surface area (Å²) in [6.45, 7) is 0. The summed E-state index contributed by atoms with van der Waals surface area (Å²) in [6, 6.07) is 0.385. The maximum absolute atomic E-state index is 12.9. The number of halogens is 4. The molecule has 2 N–H and O–H groups in total. The first-order valence-electron chi connectivity index (χ1n) is 5.25. The van der Waals surface area contributed by atoms with Crippen LogP contribution in [0.2, 0.25) is 0 Å². The van der Waals surface area contributed by atoms with E-state index in [9.17, 15) is 32.9 Å². The van der Waals surface area contributed by atoms with Crippen molar-refractivity contribution in [3.63, 3.8) is 0 Å². The summed E-state index contributed by atoms with van der Waals surface area (Å²) in [6.07, 6.45) is -4.96. The van der Waals surface area contributed by atoms with Gasteiger partial charge in [0.1, 0.15) is 10.0 Å². The molecule has 0 radical (unpaired) electrons. The molecule has 8 nitrogen and oxygen atoms in total. The average molecular weight is 382 g/mol. The van der Waals surface area contributed by atoms with Crippen molar-refractivity contribution in [3.05, 3.63) is 31.8 Å². The quantitative estimate of drug-likeness (QED) is 0.439. The number of Topliss-reactive ketones (excluding diaryl/α,β-unsaturated/α-hetero) is 1. The number of amides is 1. The SMILES string of the molecule is O=C1Nc2cc(C(F)(F)F)c(Br)c([N+](=O)[O-])c2C(=O)C1=NO. The summed E-state index contributed by atoms with van der Waals surface area (Å²) in [7, 11) is 0. The van der Waals surface area contributed by atoms with E-state index in [0.717, 1.165) is 0 Å². The summed E-state index contributed by atoms with van der Waals surface area (Å²) >= 11 is 2.45. The molecule has 22 heavy (non-hydrogen) atoms. The molecule has 0 unspecified atom stereocenters. The molecule has 1 heterocycles. The molecule has 0 aromatic heterocycles. The summed E-state index contributed by atoms with van der Waals surface area (Å²) in [5.74, 6) is -2.63. The van der Waals surface area contributed by atoms with Gasteiger partial charge in [-0.3, -0.25) is 19.7 Å². The highest BCUT2D eigenvalue weighted by molar-refractivity contribution is 9.10. The van der Waals surface area contributed by atoms with Crippen molar-refractivity contribution in [3.8, 4) is 0 Å². The third-order valence-electron chi connectivity index (χ3n) is 2.73. The lowest BCUT2D eigenvalue weighted by molar-refractivity contribution is -0.386. The minimum absolute atomic E-state index is 0.385. The van der Waals surface area contributed by atoms with Crippen LogP contribution in [0.3, 0.4) is 0 Å². The van der Waals surface area contributed by atoms with E-state index < -0.39 is 55.5 Å². The molecule has 0 saturated carbocycles. The first-order valence-corrected chi connectivity index (χ1v) is 6.05. The van der Waals surface area contributed by atoms with Crippen molar-refractivity contribution in [2.45, 2.75) is 6.18 Å². The van der Waals surface area contributed by atoms with Crippen LogP contribution in [-0.2, 0) is 11.0 Å². The van der Waals surface area contributed by atoms with Crippen LogP contribution in [0.5, 0.6) is 0 Å². The molecular weight excluding hydrogens is 379 g/mol. The van der Waals surface area contributed by atoms with Crippen LogP contribution in [0.4, 0.5) is 24.5 Å². The van der Waals surface area contributed by atoms with Crippen LogP contribution in [0.25, 0.3) is 0 Å². The Labute approximate surface area is 126 Å². The van der Waals surface area contributed by atoms with Crippen LogP contribution in [0.1, 0.15) is 15.9 Å². The van der Waals surface area contributed by atoms with Gasteiger partial charge in [-0.2, -0.15) is 13.2 Å². The molecular formula is C10H3BrF3N3O5. The number of fused-ring (bicyclic) bond motifs is 1. The van der Waals surface area contributed by atoms with Crippen molar-refractivity contribution in [1.29, 1.82) is 0 Å². The Morgan fingerprint density at radius 3 is 2.41 bits per heavy atom.